The predicted molar refractivity (Wildman–Crippen MR) is 57.2 cm³/mol. The summed E-state index contributed by atoms with van der Waals surface area (Å²) in [7, 11) is 0. The minimum atomic E-state index is -1.15. The number of hydrogen-bond acceptors (Lipinski definition) is 4. The van der Waals surface area contributed by atoms with E-state index in [2.05, 4.69) is 15.0 Å². The van der Waals surface area contributed by atoms with Crippen LogP contribution in [0.1, 0.15) is 10.4 Å². The fraction of sp³-hybridized carbons (Fsp3) is 0. The van der Waals surface area contributed by atoms with E-state index in [0.29, 0.717) is 5.82 Å². The standard InChI is InChI=1S/C10H6ClN3O2/c11-8-7(10(15)16)5-13-9(14-8)6-1-3-12-4-2-6/h1-5H,(H,15,16). The number of aromatic nitrogens is 3. The Morgan fingerprint density at radius 2 is 2.00 bits per heavy atom. The second kappa shape index (κ2) is 4.24. The van der Waals surface area contributed by atoms with Crippen molar-refractivity contribution in [2.24, 2.45) is 0 Å². The first kappa shape index (κ1) is 10.5. The molecule has 2 aromatic heterocycles. The maximum Gasteiger partial charge on any atom is 0.340 e. The molecule has 0 amide bonds. The lowest BCUT2D eigenvalue weighted by atomic mass is 10.2. The van der Waals surface area contributed by atoms with Crippen LogP contribution in [-0.4, -0.2) is 26.0 Å². The molecule has 0 radical (unpaired) electrons. The third-order valence-corrected chi connectivity index (χ3v) is 2.20. The van der Waals surface area contributed by atoms with E-state index >= 15 is 0 Å². The van der Waals surface area contributed by atoms with E-state index in [4.69, 9.17) is 16.7 Å². The second-order valence-corrected chi connectivity index (χ2v) is 3.30. The number of carboxylic acids is 1. The molecule has 0 aromatic carbocycles. The van der Waals surface area contributed by atoms with Gasteiger partial charge in [-0.25, -0.2) is 14.8 Å². The van der Waals surface area contributed by atoms with Crippen LogP contribution >= 0.6 is 11.6 Å². The van der Waals surface area contributed by atoms with Crippen LogP contribution in [-0.2, 0) is 0 Å². The van der Waals surface area contributed by atoms with Gasteiger partial charge >= 0.3 is 5.97 Å². The molecule has 0 spiro atoms. The topological polar surface area (TPSA) is 76.0 Å². The highest BCUT2D eigenvalue weighted by molar-refractivity contribution is 6.32. The number of aromatic carboxylic acids is 1. The molecule has 0 saturated carbocycles. The van der Waals surface area contributed by atoms with Gasteiger partial charge in [0.05, 0.1) is 0 Å². The quantitative estimate of drug-likeness (QED) is 0.805. The first-order valence-corrected chi connectivity index (χ1v) is 4.72. The van der Waals surface area contributed by atoms with E-state index in [1.807, 2.05) is 0 Å². The van der Waals surface area contributed by atoms with Gasteiger partial charge in [0.25, 0.3) is 0 Å². The lowest BCUT2D eigenvalue weighted by molar-refractivity contribution is 0.0696. The fourth-order valence-electron chi connectivity index (χ4n) is 1.14. The summed E-state index contributed by atoms with van der Waals surface area (Å²) in [6.45, 7) is 0. The molecule has 0 aliphatic rings. The molecular weight excluding hydrogens is 230 g/mol. The van der Waals surface area contributed by atoms with Crippen LogP contribution in [0.25, 0.3) is 11.4 Å². The van der Waals surface area contributed by atoms with Crippen LogP contribution in [0.15, 0.2) is 30.7 Å². The maximum atomic E-state index is 10.7. The van der Waals surface area contributed by atoms with Crippen LogP contribution < -0.4 is 0 Å². The molecule has 16 heavy (non-hydrogen) atoms. The maximum absolute atomic E-state index is 10.7. The highest BCUT2D eigenvalue weighted by Crippen LogP contribution is 2.18. The van der Waals surface area contributed by atoms with Crippen LogP contribution in [0.2, 0.25) is 5.15 Å². The Kier molecular flexibility index (Phi) is 2.78. The number of carbonyl (C=O) groups is 1. The van der Waals surface area contributed by atoms with Crippen molar-refractivity contribution in [1.29, 1.82) is 0 Å². The normalized spacial score (nSPS) is 10.1. The number of pyridine rings is 1. The SMILES string of the molecule is O=C(O)c1cnc(-c2ccncc2)nc1Cl. The molecule has 0 aliphatic heterocycles. The molecule has 6 heteroatoms. The number of nitrogens with zero attached hydrogens (tertiary/aromatic N) is 3. The average molecular weight is 236 g/mol. The zero-order valence-electron chi connectivity index (χ0n) is 7.96. The molecule has 2 heterocycles. The summed E-state index contributed by atoms with van der Waals surface area (Å²) >= 11 is 5.73. The molecule has 1 N–H and O–H groups in total. The first-order valence-electron chi connectivity index (χ1n) is 4.34. The van der Waals surface area contributed by atoms with Crippen molar-refractivity contribution in [3.8, 4) is 11.4 Å². The smallest absolute Gasteiger partial charge is 0.340 e. The summed E-state index contributed by atoms with van der Waals surface area (Å²) in [5, 5.41) is 8.68. The van der Waals surface area contributed by atoms with Gasteiger partial charge in [0.15, 0.2) is 5.82 Å². The van der Waals surface area contributed by atoms with Crippen LogP contribution in [0.3, 0.4) is 0 Å². The molecule has 0 unspecified atom stereocenters. The summed E-state index contributed by atoms with van der Waals surface area (Å²) in [5.74, 6) is -0.774. The van der Waals surface area contributed by atoms with E-state index in [0.717, 1.165) is 5.56 Å². The van der Waals surface area contributed by atoms with Gasteiger partial charge in [-0.3, -0.25) is 4.98 Å². The number of rotatable bonds is 2. The Labute approximate surface area is 95.8 Å². The monoisotopic (exact) mass is 235 g/mol. The van der Waals surface area contributed by atoms with E-state index in [-0.39, 0.29) is 10.7 Å². The highest BCUT2D eigenvalue weighted by atomic mass is 35.5. The lowest BCUT2D eigenvalue weighted by Gasteiger charge is -2.01. The molecule has 5 nitrogen and oxygen atoms in total. The lowest BCUT2D eigenvalue weighted by Crippen LogP contribution is -2.01. The zero-order valence-corrected chi connectivity index (χ0v) is 8.72. The van der Waals surface area contributed by atoms with Crippen molar-refractivity contribution in [2.45, 2.75) is 0 Å². The van der Waals surface area contributed by atoms with Gasteiger partial charge in [0.2, 0.25) is 0 Å². The fourth-order valence-corrected chi connectivity index (χ4v) is 1.35. The molecular formula is C10H6ClN3O2. The minimum Gasteiger partial charge on any atom is -0.478 e. The Bertz CT molecular complexity index is 531. The summed E-state index contributed by atoms with van der Waals surface area (Å²) in [5.41, 5.74) is 0.619. The third-order valence-electron chi connectivity index (χ3n) is 1.91. The molecule has 0 atom stereocenters. The van der Waals surface area contributed by atoms with E-state index in [1.54, 1.807) is 24.5 Å². The third kappa shape index (κ3) is 1.99. The average Bonchev–Trinajstić information content (AvgIpc) is 2.29. The summed E-state index contributed by atoms with van der Waals surface area (Å²) in [4.78, 5) is 22.4. The van der Waals surface area contributed by atoms with Crippen molar-refractivity contribution in [1.82, 2.24) is 15.0 Å². The summed E-state index contributed by atoms with van der Waals surface area (Å²) < 4.78 is 0. The van der Waals surface area contributed by atoms with Crippen LogP contribution in [0.4, 0.5) is 0 Å². The van der Waals surface area contributed by atoms with Crippen molar-refractivity contribution >= 4 is 17.6 Å². The second-order valence-electron chi connectivity index (χ2n) is 2.94. The van der Waals surface area contributed by atoms with E-state index in [1.165, 1.54) is 6.20 Å². The van der Waals surface area contributed by atoms with Gasteiger partial charge < -0.3 is 5.11 Å². The zero-order chi connectivity index (χ0) is 11.5. The van der Waals surface area contributed by atoms with Crippen molar-refractivity contribution in [3.63, 3.8) is 0 Å². The van der Waals surface area contributed by atoms with Gasteiger partial charge in [-0.15, -0.1) is 0 Å². The molecule has 2 rings (SSSR count). The Hall–Kier alpha value is -2.01. The van der Waals surface area contributed by atoms with Gasteiger partial charge in [-0.05, 0) is 12.1 Å². The molecule has 2 aromatic rings. The van der Waals surface area contributed by atoms with Crippen LogP contribution in [0, 0.1) is 0 Å². The molecule has 0 bridgehead atoms. The first-order chi connectivity index (χ1) is 7.68. The van der Waals surface area contributed by atoms with Gasteiger partial charge in [0, 0.05) is 24.2 Å². The Morgan fingerprint density at radius 3 is 2.56 bits per heavy atom. The Balaban J connectivity index is 2.46. The summed E-state index contributed by atoms with van der Waals surface area (Å²) in [6, 6.07) is 3.43. The number of carboxylic acid groups (broad SMARTS) is 1. The molecule has 80 valence electrons. The molecule has 0 fully saturated rings. The van der Waals surface area contributed by atoms with Crippen LogP contribution in [0.5, 0.6) is 0 Å². The van der Waals surface area contributed by atoms with Gasteiger partial charge in [0.1, 0.15) is 10.7 Å². The highest BCUT2D eigenvalue weighted by Gasteiger charge is 2.12. The largest absolute Gasteiger partial charge is 0.478 e. The van der Waals surface area contributed by atoms with Gasteiger partial charge in [-0.1, -0.05) is 11.6 Å². The van der Waals surface area contributed by atoms with Gasteiger partial charge in [-0.2, -0.15) is 0 Å². The van der Waals surface area contributed by atoms with Crippen molar-refractivity contribution in [2.75, 3.05) is 0 Å². The van der Waals surface area contributed by atoms with E-state index < -0.39 is 5.97 Å². The van der Waals surface area contributed by atoms with Crippen molar-refractivity contribution in [3.05, 3.63) is 41.4 Å². The predicted octanol–water partition coefficient (Wildman–Crippen LogP) is 1.89. The van der Waals surface area contributed by atoms with Crippen molar-refractivity contribution < 1.29 is 9.90 Å². The Morgan fingerprint density at radius 1 is 1.31 bits per heavy atom. The number of halogens is 1. The molecule has 0 saturated heterocycles. The minimum absolute atomic E-state index is 0.0747. The molecule has 0 aliphatic carbocycles. The van der Waals surface area contributed by atoms with E-state index in [9.17, 15) is 4.79 Å². The number of hydrogen-bond donors (Lipinski definition) is 1. The summed E-state index contributed by atoms with van der Waals surface area (Å²) in [6.07, 6.45) is 4.38.